The van der Waals surface area contributed by atoms with Crippen LogP contribution in [0.2, 0.25) is 0 Å². The number of fused-ring (bicyclic) bond motifs is 2. The number of hydrogen-bond acceptors (Lipinski definition) is 5. The Morgan fingerprint density at radius 1 is 1.36 bits per heavy atom. The topological polar surface area (TPSA) is 98.2 Å². The Bertz CT molecular complexity index is 1100. The summed E-state index contributed by atoms with van der Waals surface area (Å²) in [6.45, 7) is 4.24. The van der Waals surface area contributed by atoms with E-state index in [1.165, 1.54) is 18.2 Å². The smallest absolute Gasteiger partial charge is 0.335 e. The highest BCUT2D eigenvalue weighted by molar-refractivity contribution is 5.93. The summed E-state index contributed by atoms with van der Waals surface area (Å²) in [5.74, 6) is 0.232. The van der Waals surface area contributed by atoms with Crippen LogP contribution in [0.3, 0.4) is 0 Å². The van der Waals surface area contributed by atoms with Gasteiger partial charge in [-0.2, -0.15) is 0 Å². The second kappa shape index (κ2) is 5.41. The number of rotatable bonds is 2. The summed E-state index contributed by atoms with van der Waals surface area (Å²) in [5, 5.41) is 13.5. The summed E-state index contributed by atoms with van der Waals surface area (Å²) in [6.07, 6.45) is 2.62. The van der Waals surface area contributed by atoms with E-state index < -0.39 is 5.97 Å². The number of hydrogen-bond donors (Lipinski definition) is 1. The third-order valence-corrected chi connectivity index (χ3v) is 4.50. The van der Waals surface area contributed by atoms with Crippen LogP contribution in [0.1, 0.15) is 39.6 Å². The minimum absolute atomic E-state index is 0.110. The zero-order valence-corrected chi connectivity index (χ0v) is 13.7. The number of aryl methyl sites for hydroxylation is 2. The maximum Gasteiger partial charge on any atom is 0.335 e. The minimum Gasteiger partial charge on any atom is -0.478 e. The highest BCUT2D eigenvalue weighted by Crippen LogP contribution is 2.29. The summed E-state index contributed by atoms with van der Waals surface area (Å²) in [5.41, 5.74) is 2.92. The zero-order chi connectivity index (χ0) is 17.7. The second-order valence-electron chi connectivity index (χ2n) is 6.09. The first-order valence-electron chi connectivity index (χ1n) is 7.87. The van der Waals surface area contributed by atoms with Crippen LogP contribution in [0.4, 0.5) is 0 Å². The lowest BCUT2D eigenvalue weighted by molar-refractivity contribution is 0.0697. The molecule has 25 heavy (non-hydrogen) atoms. The maximum atomic E-state index is 12.7. The monoisotopic (exact) mass is 337 g/mol. The van der Waals surface area contributed by atoms with Crippen LogP contribution in [-0.2, 0) is 6.54 Å². The van der Waals surface area contributed by atoms with E-state index in [9.17, 15) is 9.59 Å². The fourth-order valence-electron chi connectivity index (χ4n) is 3.16. The molecule has 0 saturated heterocycles. The molecular weight excluding hydrogens is 322 g/mol. The van der Waals surface area contributed by atoms with Crippen molar-refractivity contribution in [1.29, 1.82) is 0 Å². The molecule has 0 saturated carbocycles. The first kappa shape index (κ1) is 15.3. The summed E-state index contributed by atoms with van der Waals surface area (Å²) >= 11 is 0. The molecule has 4 rings (SSSR count). The highest BCUT2D eigenvalue weighted by Gasteiger charge is 2.22. The Morgan fingerprint density at radius 2 is 2.16 bits per heavy atom. The molecule has 1 aliphatic heterocycles. The molecule has 0 bridgehead atoms. The number of carboxylic acid groups (broad SMARTS) is 1. The molecule has 0 aliphatic carbocycles. The van der Waals surface area contributed by atoms with E-state index in [1.807, 2.05) is 19.9 Å². The van der Waals surface area contributed by atoms with Crippen LogP contribution in [0.5, 0.6) is 0 Å². The quantitative estimate of drug-likeness (QED) is 0.772. The van der Waals surface area contributed by atoms with Crippen molar-refractivity contribution in [3.05, 3.63) is 57.0 Å². The third kappa shape index (κ3) is 2.36. The Hall–Kier alpha value is -3.22. The van der Waals surface area contributed by atoms with E-state index in [0.717, 1.165) is 16.8 Å². The number of allylic oxidation sites excluding steroid dienone is 1. The first-order chi connectivity index (χ1) is 12.0. The third-order valence-electron chi connectivity index (χ3n) is 4.50. The summed E-state index contributed by atoms with van der Waals surface area (Å²) in [7, 11) is 0. The SMILES string of the molecule is Cc1noc(C)c1/C=C1/CCn2c1nc1cc(C(=O)O)ccc1c2=O. The Labute approximate surface area is 142 Å². The lowest BCUT2D eigenvalue weighted by atomic mass is 10.1. The molecule has 3 aromatic rings. The van der Waals surface area contributed by atoms with E-state index in [1.54, 1.807) is 4.57 Å². The van der Waals surface area contributed by atoms with Gasteiger partial charge in [-0.15, -0.1) is 0 Å². The van der Waals surface area contributed by atoms with Crippen molar-refractivity contribution in [1.82, 2.24) is 14.7 Å². The first-order valence-corrected chi connectivity index (χ1v) is 7.87. The van der Waals surface area contributed by atoms with Crippen molar-refractivity contribution in [3.63, 3.8) is 0 Å². The summed E-state index contributed by atoms with van der Waals surface area (Å²) in [4.78, 5) is 28.4. The molecule has 3 heterocycles. The van der Waals surface area contributed by atoms with Crippen LogP contribution >= 0.6 is 0 Å². The summed E-state index contributed by atoms with van der Waals surface area (Å²) in [6, 6.07) is 4.39. The average molecular weight is 337 g/mol. The van der Waals surface area contributed by atoms with Crippen LogP contribution in [-0.4, -0.2) is 25.8 Å². The van der Waals surface area contributed by atoms with Gasteiger partial charge < -0.3 is 9.63 Å². The molecule has 7 heteroatoms. The molecule has 0 radical (unpaired) electrons. The van der Waals surface area contributed by atoms with Crippen molar-refractivity contribution < 1.29 is 14.4 Å². The fourth-order valence-corrected chi connectivity index (χ4v) is 3.16. The Morgan fingerprint density at radius 3 is 2.84 bits per heavy atom. The Kier molecular flexibility index (Phi) is 3.31. The van der Waals surface area contributed by atoms with Gasteiger partial charge in [-0.25, -0.2) is 9.78 Å². The molecule has 0 spiro atoms. The van der Waals surface area contributed by atoms with Gasteiger partial charge in [0.1, 0.15) is 11.6 Å². The van der Waals surface area contributed by atoms with Gasteiger partial charge in [-0.3, -0.25) is 9.36 Å². The number of benzene rings is 1. The van der Waals surface area contributed by atoms with Crippen LogP contribution in [0.15, 0.2) is 27.5 Å². The van der Waals surface area contributed by atoms with Gasteiger partial charge in [0.2, 0.25) is 0 Å². The van der Waals surface area contributed by atoms with Crippen molar-refractivity contribution in [3.8, 4) is 0 Å². The standard InChI is InChI=1S/C18H15N3O4/c1-9-14(10(2)25-20-9)7-11-5-6-21-16(11)19-15-8-12(18(23)24)3-4-13(15)17(21)22/h3-4,7-8H,5-6H2,1-2H3,(H,23,24)/b11-7-. The molecule has 1 aliphatic rings. The van der Waals surface area contributed by atoms with Crippen LogP contribution < -0.4 is 5.56 Å². The maximum absolute atomic E-state index is 12.7. The lowest BCUT2D eigenvalue weighted by Gasteiger charge is -2.06. The second-order valence-corrected chi connectivity index (χ2v) is 6.09. The predicted molar refractivity (Wildman–Crippen MR) is 91.4 cm³/mol. The molecule has 0 amide bonds. The van der Waals surface area contributed by atoms with Crippen molar-refractivity contribution in [2.24, 2.45) is 0 Å². The number of aromatic carboxylic acids is 1. The predicted octanol–water partition coefficient (Wildman–Crippen LogP) is 2.64. The van der Waals surface area contributed by atoms with Crippen molar-refractivity contribution in [2.75, 3.05) is 0 Å². The van der Waals surface area contributed by atoms with Crippen LogP contribution in [0.25, 0.3) is 22.6 Å². The van der Waals surface area contributed by atoms with Gasteiger partial charge in [-0.1, -0.05) is 5.16 Å². The number of carbonyl (C=O) groups is 1. The largest absolute Gasteiger partial charge is 0.478 e. The molecule has 1 N–H and O–H groups in total. The molecule has 2 aromatic heterocycles. The molecular formula is C18H15N3O4. The van der Waals surface area contributed by atoms with Crippen molar-refractivity contribution >= 4 is 28.5 Å². The summed E-state index contributed by atoms with van der Waals surface area (Å²) < 4.78 is 6.81. The molecule has 0 unspecified atom stereocenters. The highest BCUT2D eigenvalue weighted by atomic mass is 16.5. The number of nitrogens with zero attached hydrogens (tertiary/aromatic N) is 3. The van der Waals surface area contributed by atoms with Gasteiger partial charge in [-0.05, 0) is 50.1 Å². The van der Waals surface area contributed by atoms with Gasteiger partial charge in [0.15, 0.2) is 0 Å². The van der Waals surface area contributed by atoms with E-state index in [0.29, 0.717) is 35.5 Å². The van der Waals surface area contributed by atoms with E-state index >= 15 is 0 Å². The van der Waals surface area contributed by atoms with Crippen LogP contribution in [0, 0.1) is 13.8 Å². The number of carboxylic acids is 1. The zero-order valence-electron chi connectivity index (χ0n) is 13.7. The number of aromatic nitrogens is 3. The van der Waals surface area contributed by atoms with Gasteiger partial charge >= 0.3 is 5.97 Å². The van der Waals surface area contributed by atoms with E-state index in [4.69, 9.17) is 9.63 Å². The lowest BCUT2D eigenvalue weighted by Crippen LogP contribution is -2.21. The minimum atomic E-state index is -1.05. The van der Waals surface area contributed by atoms with E-state index in [-0.39, 0.29) is 11.1 Å². The molecule has 7 nitrogen and oxygen atoms in total. The fraction of sp³-hybridized carbons (Fsp3) is 0.222. The average Bonchev–Trinajstić information content (AvgIpc) is 3.13. The van der Waals surface area contributed by atoms with E-state index in [2.05, 4.69) is 10.1 Å². The normalized spacial score (nSPS) is 15.0. The molecule has 1 aromatic carbocycles. The van der Waals surface area contributed by atoms with Gasteiger partial charge in [0.05, 0.1) is 22.2 Å². The molecule has 0 atom stereocenters. The van der Waals surface area contributed by atoms with Gasteiger partial charge in [0.25, 0.3) is 5.56 Å². The van der Waals surface area contributed by atoms with Gasteiger partial charge in [0, 0.05) is 12.1 Å². The molecule has 0 fully saturated rings. The Balaban J connectivity index is 1.93. The van der Waals surface area contributed by atoms with Crippen molar-refractivity contribution in [2.45, 2.75) is 26.8 Å². The molecule has 126 valence electrons.